The van der Waals surface area contributed by atoms with Crippen LogP contribution in [0.3, 0.4) is 0 Å². The summed E-state index contributed by atoms with van der Waals surface area (Å²) in [5.74, 6) is 0. The summed E-state index contributed by atoms with van der Waals surface area (Å²) < 4.78 is 1.16. The van der Waals surface area contributed by atoms with E-state index < -0.39 is 0 Å². The van der Waals surface area contributed by atoms with Crippen molar-refractivity contribution in [2.24, 2.45) is 0 Å². The van der Waals surface area contributed by atoms with Gasteiger partial charge in [0.2, 0.25) is 0 Å². The Balaban J connectivity index is 2.32. The molecule has 0 fully saturated rings. The second kappa shape index (κ2) is 4.78. The topological polar surface area (TPSA) is 12.0 Å². The lowest BCUT2D eigenvalue weighted by Gasteiger charge is -2.11. The molecule has 1 atom stereocenters. The van der Waals surface area contributed by atoms with Gasteiger partial charge in [0.1, 0.15) is 0 Å². The van der Waals surface area contributed by atoms with E-state index in [1.54, 1.807) is 11.3 Å². The Morgan fingerprint density at radius 1 is 1.33 bits per heavy atom. The van der Waals surface area contributed by atoms with E-state index in [9.17, 15) is 0 Å². The smallest absolute Gasteiger partial charge is 0.0762 e. The van der Waals surface area contributed by atoms with Gasteiger partial charge in [0, 0.05) is 24.5 Å². The molecule has 0 radical (unpaired) electrons. The Kier molecular flexibility index (Phi) is 3.61. The van der Waals surface area contributed by atoms with E-state index in [1.165, 1.54) is 14.6 Å². The summed E-state index contributed by atoms with van der Waals surface area (Å²) in [5.41, 5.74) is 0. The average molecular weight is 302 g/mol. The fraction of sp³-hybridized carbons (Fsp3) is 0.273. The maximum Gasteiger partial charge on any atom is 0.0762 e. The van der Waals surface area contributed by atoms with Crippen LogP contribution in [0.25, 0.3) is 0 Å². The van der Waals surface area contributed by atoms with Gasteiger partial charge in [0.15, 0.2) is 0 Å². The zero-order valence-electron chi connectivity index (χ0n) is 8.58. The van der Waals surface area contributed by atoms with Gasteiger partial charge < -0.3 is 5.32 Å². The van der Waals surface area contributed by atoms with Crippen molar-refractivity contribution in [3.05, 3.63) is 42.7 Å². The van der Waals surface area contributed by atoms with Gasteiger partial charge in [-0.15, -0.1) is 22.7 Å². The minimum atomic E-state index is 0.333. The van der Waals surface area contributed by atoms with Gasteiger partial charge in [-0.2, -0.15) is 0 Å². The van der Waals surface area contributed by atoms with E-state index in [1.807, 2.05) is 18.4 Å². The van der Waals surface area contributed by atoms with Gasteiger partial charge in [0.05, 0.1) is 6.04 Å². The summed E-state index contributed by atoms with van der Waals surface area (Å²) in [4.78, 5) is 4.09. The summed E-state index contributed by atoms with van der Waals surface area (Å²) in [6.07, 6.45) is 0. The monoisotopic (exact) mass is 301 g/mol. The highest BCUT2D eigenvalue weighted by atomic mass is 79.9. The summed E-state index contributed by atoms with van der Waals surface area (Å²) in [6.45, 7) is 2.14. The van der Waals surface area contributed by atoms with Crippen LogP contribution in [0.5, 0.6) is 0 Å². The van der Waals surface area contributed by atoms with Crippen molar-refractivity contribution in [3.8, 4) is 0 Å². The Bertz CT molecular complexity index is 407. The first kappa shape index (κ1) is 11.3. The molecule has 2 aromatic heterocycles. The van der Waals surface area contributed by atoms with Crippen molar-refractivity contribution in [3.63, 3.8) is 0 Å². The van der Waals surface area contributed by atoms with Gasteiger partial charge in [-0.25, -0.2) is 0 Å². The van der Waals surface area contributed by atoms with Gasteiger partial charge in [-0.1, -0.05) is 0 Å². The minimum Gasteiger partial charge on any atom is -0.308 e. The molecule has 4 heteroatoms. The average Bonchev–Trinajstić information content (AvgIpc) is 2.78. The van der Waals surface area contributed by atoms with E-state index >= 15 is 0 Å². The highest BCUT2D eigenvalue weighted by molar-refractivity contribution is 9.10. The van der Waals surface area contributed by atoms with Crippen molar-refractivity contribution in [2.75, 3.05) is 7.05 Å². The van der Waals surface area contributed by atoms with Crippen LogP contribution < -0.4 is 5.32 Å². The van der Waals surface area contributed by atoms with Crippen LogP contribution in [0.15, 0.2) is 28.1 Å². The number of hydrogen-bond acceptors (Lipinski definition) is 3. The third-order valence-corrected chi connectivity index (χ3v) is 5.03. The van der Waals surface area contributed by atoms with E-state index in [0.717, 1.165) is 4.47 Å². The number of thiophene rings is 2. The first-order valence-corrected chi connectivity index (χ1v) is 7.17. The number of hydrogen-bond donors (Lipinski definition) is 1. The maximum atomic E-state index is 3.49. The second-order valence-corrected chi connectivity index (χ2v) is 6.52. The van der Waals surface area contributed by atoms with Crippen LogP contribution in [-0.4, -0.2) is 7.05 Å². The molecule has 0 saturated carbocycles. The highest BCUT2D eigenvalue weighted by Gasteiger charge is 2.15. The molecule has 0 bridgehead atoms. The van der Waals surface area contributed by atoms with Gasteiger partial charge in [0.25, 0.3) is 0 Å². The molecule has 1 nitrogen and oxygen atoms in total. The standard InChI is InChI=1S/C11H12BrNS2/c1-7-3-4-9(15-7)11(13-2)10-5-8(12)6-14-10/h3-6,11,13H,1-2H3. The van der Waals surface area contributed by atoms with E-state index in [2.05, 4.69) is 51.7 Å². The van der Waals surface area contributed by atoms with Gasteiger partial charge in [-0.3, -0.25) is 0 Å². The third kappa shape index (κ3) is 2.50. The van der Waals surface area contributed by atoms with Gasteiger partial charge in [-0.05, 0) is 48.1 Å². The van der Waals surface area contributed by atoms with E-state index in [-0.39, 0.29) is 0 Å². The fourth-order valence-electron chi connectivity index (χ4n) is 1.51. The Morgan fingerprint density at radius 3 is 2.60 bits per heavy atom. The lowest BCUT2D eigenvalue weighted by molar-refractivity contribution is 0.716. The molecule has 0 aliphatic carbocycles. The summed E-state index contributed by atoms with van der Waals surface area (Å²) >= 11 is 7.13. The maximum absolute atomic E-state index is 3.49. The SMILES string of the molecule is CNC(c1cc(Br)cs1)c1ccc(C)s1. The number of rotatable bonds is 3. The second-order valence-electron chi connectivity index (χ2n) is 3.34. The van der Waals surface area contributed by atoms with Gasteiger partial charge >= 0.3 is 0 Å². The quantitative estimate of drug-likeness (QED) is 0.896. The molecule has 2 heterocycles. The highest BCUT2D eigenvalue weighted by Crippen LogP contribution is 2.33. The molecule has 0 aliphatic heterocycles. The molecule has 80 valence electrons. The molecule has 1 N–H and O–H groups in total. The van der Waals surface area contributed by atoms with Crippen molar-refractivity contribution in [1.29, 1.82) is 0 Å². The molecular formula is C11H12BrNS2. The molecule has 0 saturated heterocycles. The Morgan fingerprint density at radius 2 is 2.13 bits per heavy atom. The third-order valence-electron chi connectivity index (χ3n) is 2.21. The van der Waals surface area contributed by atoms with Crippen molar-refractivity contribution in [1.82, 2.24) is 5.32 Å². The van der Waals surface area contributed by atoms with Crippen molar-refractivity contribution < 1.29 is 0 Å². The van der Waals surface area contributed by atoms with E-state index in [4.69, 9.17) is 0 Å². The predicted octanol–water partition coefficient (Wildman–Crippen LogP) is 4.19. The molecule has 0 aliphatic rings. The molecule has 0 aromatic carbocycles. The largest absolute Gasteiger partial charge is 0.308 e. The van der Waals surface area contributed by atoms with Crippen LogP contribution in [0, 0.1) is 6.92 Å². The molecule has 0 spiro atoms. The molecule has 1 unspecified atom stereocenters. The molecule has 0 amide bonds. The van der Waals surface area contributed by atoms with Crippen LogP contribution >= 0.6 is 38.6 Å². The van der Waals surface area contributed by atoms with Crippen molar-refractivity contribution >= 4 is 38.6 Å². The molecule has 2 rings (SSSR count). The Hall–Kier alpha value is -0.160. The first-order chi connectivity index (χ1) is 7.20. The lowest BCUT2D eigenvalue weighted by Crippen LogP contribution is -2.14. The number of halogens is 1. The van der Waals surface area contributed by atoms with Crippen LogP contribution in [-0.2, 0) is 0 Å². The number of aryl methyl sites for hydroxylation is 1. The van der Waals surface area contributed by atoms with Crippen molar-refractivity contribution in [2.45, 2.75) is 13.0 Å². The zero-order valence-corrected chi connectivity index (χ0v) is 11.8. The Labute approximate surface area is 106 Å². The summed E-state index contributed by atoms with van der Waals surface area (Å²) in [6, 6.07) is 6.89. The fourth-order valence-corrected chi connectivity index (χ4v) is 4.17. The molecule has 15 heavy (non-hydrogen) atoms. The first-order valence-electron chi connectivity index (χ1n) is 4.68. The molecule has 2 aromatic rings. The van der Waals surface area contributed by atoms with E-state index in [0.29, 0.717) is 6.04 Å². The number of nitrogens with one attached hydrogen (secondary N) is 1. The zero-order chi connectivity index (χ0) is 10.8. The summed E-state index contributed by atoms with van der Waals surface area (Å²) in [5, 5.41) is 5.49. The van der Waals surface area contributed by atoms with Crippen LogP contribution in [0.1, 0.15) is 20.7 Å². The lowest BCUT2D eigenvalue weighted by atomic mass is 10.2. The predicted molar refractivity (Wildman–Crippen MR) is 72.0 cm³/mol. The minimum absolute atomic E-state index is 0.333. The summed E-state index contributed by atoms with van der Waals surface area (Å²) in [7, 11) is 2.01. The van der Waals surface area contributed by atoms with Crippen LogP contribution in [0.4, 0.5) is 0 Å². The normalized spacial score (nSPS) is 13.0. The van der Waals surface area contributed by atoms with Crippen LogP contribution in [0.2, 0.25) is 0 Å². The molecular weight excluding hydrogens is 290 g/mol.